The number of rotatable bonds is 5. The second kappa shape index (κ2) is 8.37. The summed E-state index contributed by atoms with van der Waals surface area (Å²) >= 11 is 0. The van der Waals surface area contributed by atoms with Crippen molar-refractivity contribution >= 4 is 17.5 Å². The number of aryl methyl sites for hydroxylation is 2. The molecule has 2 N–H and O–H groups in total. The molecule has 0 fully saturated rings. The second-order valence-electron chi connectivity index (χ2n) is 6.65. The number of nitrogens with zero attached hydrogens (tertiary/aromatic N) is 2. The topological polar surface area (TPSA) is 84.0 Å². The summed E-state index contributed by atoms with van der Waals surface area (Å²) in [5, 5.41) is 5.44. The molecule has 6 nitrogen and oxygen atoms in total. The standard InChI is InChI=1S/C19H21F3N4O2/c1-10(2)24-17(28)14-7-5-6-11(3)16(14)26-15(27)8-13-9-23-18(19(20,21)22)25-12(13)4/h5-7,9-10H,8H2,1-4H3,(H,24,28)(H,26,27). The fourth-order valence-electron chi connectivity index (χ4n) is 2.52. The fraction of sp³-hybridized carbons (Fsp3) is 0.368. The SMILES string of the molecule is Cc1cccc(C(=O)NC(C)C)c1NC(=O)Cc1cnc(C(F)(F)F)nc1C. The maximum Gasteiger partial charge on any atom is 0.451 e. The molecule has 0 saturated carbocycles. The van der Waals surface area contributed by atoms with Gasteiger partial charge in [-0.25, -0.2) is 9.97 Å². The minimum Gasteiger partial charge on any atom is -0.350 e. The molecule has 28 heavy (non-hydrogen) atoms. The third kappa shape index (κ3) is 5.28. The zero-order valence-electron chi connectivity index (χ0n) is 15.9. The van der Waals surface area contributed by atoms with Crippen LogP contribution in [0.1, 0.15) is 46.9 Å². The number of carbonyl (C=O) groups is 2. The van der Waals surface area contributed by atoms with Gasteiger partial charge in [-0.1, -0.05) is 12.1 Å². The van der Waals surface area contributed by atoms with Crippen LogP contribution in [0.2, 0.25) is 0 Å². The number of hydrogen-bond donors (Lipinski definition) is 2. The molecule has 2 rings (SSSR count). The Balaban J connectivity index is 2.21. The van der Waals surface area contributed by atoms with Gasteiger partial charge in [-0.2, -0.15) is 13.2 Å². The van der Waals surface area contributed by atoms with Crippen LogP contribution in [-0.4, -0.2) is 27.8 Å². The number of benzene rings is 1. The Bertz CT molecular complexity index is 895. The van der Waals surface area contributed by atoms with E-state index in [1.54, 1.807) is 25.1 Å². The molecule has 0 spiro atoms. The normalized spacial score (nSPS) is 11.4. The zero-order chi connectivity index (χ0) is 21.1. The lowest BCUT2D eigenvalue weighted by atomic mass is 10.1. The third-order valence-electron chi connectivity index (χ3n) is 3.89. The molecule has 0 saturated heterocycles. The van der Waals surface area contributed by atoms with Crippen LogP contribution in [0.3, 0.4) is 0 Å². The highest BCUT2D eigenvalue weighted by Crippen LogP contribution is 2.26. The molecule has 1 heterocycles. The summed E-state index contributed by atoms with van der Waals surface area (Å²) in [6, 6.07) is 4.96. The largest absolute Gasteiger partial charge is 0.451 e. The van der Waals surface area contributed by atoms with Gasteiger partial charge in [0.05, 0.1) is 17.7 Å². The van der Waals surface area contributed by atoms with Gasteiger partial charge in [-0.3, -0.25) is 9.59 Å². The average Bonchev–Trinajstić information content (AvgIpc) is 2.56. The Hall–Kier alpha value is -2.97. The van der Waals surface area contributed by atoms with Crippen molar-refractivity contribution in [1.82, 2.24) is 15.3 Å². The molecular weight excluding hydrogens is 373 g/mol. The number of alkyl halides is 3. The van der Waals surface area contributed by atoms with Crippen LogP contribution in [0, 0.1) is 13.8 Å². The number of hydrogen-bond acceptors (Lipinski definition) is 4. The van der Waals surface area contributed by atoms with Gasteiger partial charge in [0.1, 0.15) is 0 Å². The first kappa shape index (κ1) is 21.3. The van der Waals surface area contributed by atoms with E-state index >= 15 is 0 Å². The summed E-state index contributed by atoms with van der Waals surface area (Å²) in [5.41, 5.74) is 1.69. The number of aromatic nitrogens is 2. The molecule has 0 aliphatic rings. The molecule has 0 atom stereocenters. The Labute approximate surface area is 160 Å². The number of halogens is 3. The molecule has 0 aliphatic carbocycles. The summed E-state index contributed by atoms with van der Waals surface area (Å²) in [5.74, 6) is -2.07. The Kier molecular flexibility index (Phi) is 6.37. The number of carbonyl (C=O) groups excluding carboxylic acids is 2. The van der Waals surface area contributed by atoms with Crippen LogP contribution >= 0.6 is 0 Å². The lowest BCUT2D eigenvalue weighted by Crippen LogP contribution is -2.31. The molecule has 0 unspecified atom stereocenters. The summed E-state index contributed by atoms with van der Waals surface area (Å²) in [6.07, 6.45) is -3.87. The van der Waals surface area contributed by atoms with Crippen LogP contribution in [0.5, 0.6) is 0 Å². The van der Waals surface area contributed by atoms with Gasteiger partial charge in [0, 0.05) is 23.5 Å². The van der Waals surface area contributed by atoms with Crippen molar-refractivity contribution in [3.05, 3.63) is 52.6 Å². The Morgan fingerprint density at radius 1 is 1.18 bits per heavy atom. The van der Waals surface area contributed by atoms with Crippen molar-refractivity contribution in [3.8, 4) is 0 Å². The molecule has 150 valence electrons. The molecule has 1 aromatic heterocycles. The van der Waals surface area contributed by atoms with Crippen molar-refractivity contribution in [1.29, 1.82) is 0 Å². The monoisotopic (exact) mass is 394 g/mol. The zero-order valence-corrected chi connectivity index (χ0v) is 15.9. The van der Waals surface area contributed by atoms with Crippen LogP contribution < -0.4 is 10.6 Å². The Morgan fingerprint density at radius 3 is 2.43 bits per heavy atom. The van der Waals surface area contributed by atoms with Crippen LogP contribution in [0.4, 0.5) is 18.9 Å². The van der Waals surface area contributed by atoms with Crippen LogP contribution in [0.25, 0.3) is 0 Å². The summed E-state index contributed by atoms with van der Waals surface area (Å²) in [4.78, 5) is 31.5. The molecule has 2 aromatic rings. The van der Waals surface area contributed by atoms with Crippen LogP contribution in [0.15, 0.2) is 24.4 Å². The lowest BCUT2D eigenvalue weighted by Gasteiger charge is -2.16. The maximum absolute atomic E-state index is 12.7. The van der Waals surface area contributed by atoms with Crippen LogP contribution in [-0.2, 0) is 17.4 Å². The summed E-state index contributed by atoms with van der Waals surface area (Å²) < 4.78 is 38.0. The molecule has 0 aliphatic heterocycles. The first-order chi connectivity index (χ1) is 13.0. The molecule has 9 heteroatoms. The van der Waals surface area contributed by atoms with E-state index in [0.717, 1.165) is 6.20 Å². The molecule has 2 amide bonds. The maximum atomic E-state index is 12.7. The minimum atomic E-state index is -4.65. The molecule has 0 radical (unpaired) electrons. The predicted octanol–water partition coefficient (Wildman–Crippen LogP) is 3.43. The lowest BCUT2D eigenvalue weighted by molar-refractivity contribution is -0.145. The van der Waals surface area contributed by atoms with E-state index in [0.29, 0.717) is 16.8 Å². The van der Waals surface area contributed by atoms with Gasteiger partial charge in [0.15, 0.2) is 0 Å². The second-order valence-corrected chi connectivity index (χ2v) is 6.65. The smallest absolute Gasteiger partial charge is 0.350 e. The highest BCUT2D eigenvalue weighted by molar-refractivity contribution is 6.05. The molecular formula is C19H21F3N4O2. The molecule has 1 aromatic carbocycles. The quantitative estimate of drug-likeness (QED) is 0.814. The van der Waals surface area contributed by atoms with E-state index in [1.165, 1.54) is 6.92 Å². The summed E-state index contributed by atoms with van der Waals surface area (Å²) in [6.45, 7) is 6.77. The first-order valence-electron chi connectivity index (χ1n) is 8.59. The van der Waals surface area contributed by atoms with E-state index in [4.69, 9.17) is 0 Å². The van der Waals surface area contributed by atoms with Gasteiger partial charge in [-0.15, -0.1) is 0 Å². The summed E-state index contributed by atoms with van der Waals surface area (Å²) in [7, 11) is 0. The fourth-order valence-corrected chi connectivity index (χ4v) is 2.52. The third-order valence-corrected chi connectivity index (χ3v) is 3.89. The van der Waals surface area contributed by atoms with Gasteiger partial charge < -0.3 is 10.6 Å². The Morgan fingerprint density at radius 2 is 1.86 bits per heavy atom. The first-order valence-corrected chi connectivity index (χ1v) is 8.59. The average molecular weight is 394 g/mol. The van der Waals surface area contributed by atoms with Crippen molar-refractivity contribution in [2.45, 2.75) is 46.3 Å². The van der Waals surface area contributed by atoms with Crippen molar-refractivity contribution < 1.29 is 22.8 Å². The highest BCUT2D eigenvalue weighted by Gasteiger charge is 2.34. The van der Waals surface area contributed by atoms with E-state index < -0.39 is 17.9 Å². The van der Waals surface area contributed by atoms with Gasteiger partial charge >= 0.3 is 6.18 Å². The highest BCUT2D eigenvalue weighted by atomic mass is 19.4. The number of para-hydroxylation sites is 1. The van der Waals surface area contributed by atoms with Gasteiger partial charge in [-0.05, 0) is 39.3 Å². The van der Waals surface area contributed by atoms with Crippen molar-refractivity contribution in [2.24, 2.45) is 0 Å². The van der Waals surface area contributed by atoms with Gasteiger partial charge in [0.2, 0.25) is 11.7 Å². The van der Waals surface area contributed by atoms with E-state index in [1.807, 2.05) is 13.8 Å². The van der Waals surface area contributed by atoms with Crippen molar-refractivity contribution in [3.63, 3.8) is 0 Å². The van der Waals surface area contributed by atoms with E-state index in [-0.39, 0.29) is 29.6 Å². The predicted molar refractivity (Wildman–Crippen MR) is 97.9 cm³/mol. The van der Waals surface area contributed by atoms with Gasteiger partial charge in [0.25, 0.3) is 5.91 Å². The number of nitrogens with one attached hydrogen (secondary N) is 2. The number of amides is 2. The molecule has 0 bridgehead atoms. The minimum absolute atomic E-state index is 0.0695. The van der Waals surface area contributed by atoms with E-state index in [2.05, 4.69) is 20.6 Å². The number of anilines is 1. The van der Waals surface area contributed by atoms with Crippen molar-refractivity contribution in [2.75, 3.05) is 5.32 Å². The van der Waals surface area contributed by atoms with E-state index in [9.17, 15) is 22.8 Å².